The van der Waals surface area contributed by atoms with Gasteiger partial charge < -0.3 is 15.2 Å². The molecule has 108 valence electrons. The second kappa shape index (κ2) is 6.39. The van der Waals surface area contributed by atoms with Crippen LogP contribution < -0.4 is 10.6 Å². The van der Waals surface area contributed by atoms with Crippen molar-refractivity contribution < 1.29 is 4.52 Å². The van der Waals surface area contributed by atoms with E-state index in [4.69, 9.17) is 21.9 Å². The van der Waals surface area contributed by atoms with Crippen LogP contribution in [0.3, 0.4) is 0 Å². The standard InChI is InChI=1S/C12H14ClN5O.ClH/c13-10-5-8(12-15-7-19-17-12)6-11(16-10)18-3-1-9(14)2-4-18;/h5-7,9H,1-4,14H2;1H. The van der Waals surface area contributed by atoms with Crippen molar-refractivity contribution in [2.24, 2.45) is 5.73 Å². The van der Waals surface area contributed by atoms with Crippen LogP contribution in [-0.2, 0) is 0 Å². The van der Waals surface area contributed by atoms with E-state index < -0.39 is 0 Å². The summed E-state index contributed by atoms with van der Waals surface area (Å²) in [6.07, 6.45) is 3.22. The maximum Gasteiger partial charge on any atom is 0.214 e. The van der Waals surface area contributed by atoms with Gasteiger partial charge >= 0.3 is 0 Å². The van der Waals surface area contributed by atoms with Gasteiger partial charge in [-0.15, -0.1) is 12.4 Å². The van der Waals surface area contributed by atoms with Crippen LogP contribution in [0.25, 0.3) is 11.4 Å². The highest BCUT2D eigenvalue weighted by molar-refractivity contribution is 6.29. The Morgan fingerprint density at radius 3 is 2.70 bits per heavy atom. The van der Waals surface area contributed by atoms with Crippen LogP contribution >= 0.6 is 24.0 Å². The molecule has 0 bridgehead atoms. The summed E-state index contributed by atoms with van der Waals surface area (Å²) in [5.41, 5.74) is 6.71. The molecule has 1 aliphatic rings. The zero-order valence-corrected chi connectivity index (χ0v) is 12.3. The second-order valence-electron chi connectivity index (χ2n) is 4.62. The first-order valence-corrected chi connectivity index (χ1v) is 6.55. The zero-order valence-electron chi connectivity index (χ0n) is 10.7. The Balaban J connectivity index is 0.00000147. The third kappa shape index (κ3) is 3.20. The lowest BCUT2D eigenvalue weighted by Gasteiger charge is -2.31. The third-order valence-corrected chi connectivity index (χ3v) is 3.46. The van der Waals surface area contributed by atoms with E-state index >= 15 is 0 Å². The van der Waals surface area contributed by atoms with E-state index in [0.717, 1.165) is 37.3 Å². The summed E-state index contributed by atoms with van der Waals surface area (Å²) in [6, 6.07) is 3.94. The lowest BCUT2D eigenvalue weighted by Crippen LogP contribution is -2.40. The Labute approximate surface area is 127 Å². The molecule has 2 aromatic rings. The van der Waals surface area contributed by atoms with E-state index in [1.807, 2.05) is 6.07 Å². The Kier molecular flexibility index (Phi) is 4.80. The molecule has 3 rings (SSSR count). The topological polar surface area (TPSA) is 81.1 Å². The smallest absolute Gasteiger partial charge is 0.214 e. The molecule has 1 aliphatic heterocycles. The van der Waals surface area contributed by atoms with Gasteiger partial charge in [0.25, 0.3) is 0 Å². The molecule has 8 heteroatoms. The van der Waals surface area contributed by atoms with Crippen LogP contribution in [0.2, 0.25) is 5.15 Å². The fourth-order valence-corrected chi connectivity index (χ4v) is 2.40. The van der Waals surface area contributed by atoms with Gasteiger partial charge in [-0.25, -0.2) is 4.98 Å². The van der Waals surface area contributed by atoms with E-state index in [9.17, 15) is 0 Å². The van der Waals surface area contributed by atoms with E-state index in [0.29, 0.717) is 11.0 Å². The number of hydrogen-bond donors (Lipinski definition) is 1. The van der Waals surface area contributed by atoms with Crippen molar-refractivity contribution in [1.29, 1.82) is 0 Å². The lowest BCUT2D eigenvalue weighted by molar-refractivity contribution is 0.419. The normalized spacial score (nSPS) is 16.0. The van der Waals surface area contributed by atoms with Crippen molar-refractivity contribution in [3.8, 4) is 11.4 Å². The van der Waals surface area contributed by atoms with Crippen LogP contribution in [0.4, 0.5) is 5.82 Å². The number of rotatable bonds is 2. The number of piperidine rings is 1. The van der Waals surface area contributed by atoms with Crippen molar-refractivity contribution in [3.63, 3.8) is 0 Å². The number of anilines is 1. The van der Waals surface area contributed by atoms with Crippen molar-refractivity contribution in [3.05, 3.63) is 23.7 Å². The van der Waals surface area contributed by atoms with Gasteiger partial charge in [-0.2, -0.15) is 4.98 Å². The summed E-state index contributed by atoms with van der Waals surface area (Å²) in [4.78, 5) is 10.6. The molecule has 0 aliphatic carbocycles. The number of aromatic nitrogens is 3. The molecule has 0 spiro atoms. The lowest BCUT2D eigenvalue weighted by atomic mass is 10.1. The molecule has 0 amide bonds. The largest absolute Gasteiger partial charge is 0.356 e. The molecule has 3 heterocycles. The summed E-state index contributed by atoms with van der Waals surface area (Å²) in [5.74, 6) is 1.35. The van der Waals surface area contributed by atoms with Gasteiger partial charge in [0.15, 0.2) is 0 Å². The van der Waals surface area contributed by atoms with Crippen molar-refractivity contribution >= 4 is 29.8 Å². The minimum Gasteiger partial charge on any atom is -0.356 e. The third-order valence-electron chi connectivity index (χ3n) is 3.26. The highest BCUT2D eigenvalue weighted by atomic mass is 35.5. The Hall–Kier alpha value is -1.37. The molecule has 0 unspecified atom stereocenters. The molecule has 6 nitrogen and oxygen atoms in total. The van der Waals surface area contributed by atoms with Crippen LogP contribution in [-0.4, -0.2) is 34.3 Å². The van der Waals surface area contributed by atoms with E-state index in [1.54, 1.807) is 6.07 Å². The molecule has 0 atom stereocenters. The predicted octanol–water partition coefficient (Wildman–Crippen LogP) is 2.13. The fraction of sp³-hybridized carbons (Fsp3) is 0.417. The Morgan fingerprint density at radius 1 is 1.30 bits per heavy atom. The molecule has 2 N–H and O–H groups in total. The molecule has 0 saturated carbocycles. The van der Waals surface area contributed by atoms with Gasteiger partial charge in [-0.3, -0.25) is 0 Å². The Morgan fingerprint density at radius 2 is 2.05 bits per heavy atom. The molecule has 0 radical (unpaired) electrons. The summed E-state index contributed by atoms with van der Waals surface area (Å²) in [5, 5.41) is 4.24. The van der Waals surface area contributed by atoms with Crippen LogP contribution in [0.5, 0.6) is 0 Å². The second-order valence-corrected chi connectivity index (χ2v) is 5.00. The summed E-state index contributed by atoms with van der Waals surface area (Å²) in [7, 11) is 0. The molecule has 0 aromatic carbocycles. The predicted molar refractivity (Wildman–Crippen MR) is 79.2 cm³/mol. The first-order chi connectivity index (χ1) is 9.22. The maximum absolute atomic E-state index is 6.07. The van der Waals surface area contributed by atoms with Gasteiger partial charge in [-0.05, 0) is 25.0 Å². The number of pyridine rings is 1. The first-order valence-electron chi connectivity index (χ1n) is 6.17. The zero-order chi connectivity index (χ0) is 13.2. The number of halogens is 2. The first kappa shape index (κ1) is 15.0. The van der Waals surface area contributed by atoms with Gasteiger partial charge in [-0.1, -0.05) is 16.8 Å². The van der Waals surface area contributed by atoms with E-state index in [2.05, 4.69) is 20.0 Å². The average molecular weight is 316 g/mol. The van der Waals surface area contributed by atoms with Crippen molar-refractivity contribution in [2.45, 2.75) is 18.9 Å². The molecule has 2 aromatic heterocycles. The SMILES string of the molecule is Cl.NC1CCN(c2cc(-c3ncon3)cc(Cl)n2)CC1. The van der Waals surface area contributed by atoms with Gasteiger partial charge in [0.2, 0.25) is 12.2 Å². The highest BCUT2D eigenvalue weighted by Gasteiger charge is 2.18. The maximum atomic E-state index is 6.07. The number of hydrogen-bond acceptors (Lipinski definition) is 6. The fourth-order valence-electron chi connectivity index (χ4n) is 2.20. The van der Waals surface area contributed by atoms with Gasteiger partial charge in [0.1, 0.15) is 11.0 Å². The van der Waals surface area contributed by atoms with Crippen LogP contribution in [0.1, 0.15) is 12.8 Å². The summed E-state index contributed by atoms with van der Waals surface area (Å²) < 4.78 is 4.75. The average Bonchev–Trinajstić information content (AvgIpc) is 2.93. The molecular formula is C12H15Cl2N5O. The molecule has 1 saturated heterocycles. The number of nitrogens with zero attached hydrogens (tertiary/aromatic N) is 4. The number of nitrogens with two attached hydrogens (primary N) is 1. The quantitative estimate of drug-likeness (QED) is 0.855. The van der Waals surface area contributed by atoms with Gasteiger partial charge in [0, 0.05) is 24.7 Å². The van der Waals surface area contributed by atoms with E-state index in [-0.39, 0.29) is 18.4 Å². The Bertz CT molecular complexity index is 555. The molecule has 1 fully saturated rings. The van der Waals surface area contributed by atoms with Crippen LogP contribution in [0.15, 0.2) is 23.0 Å². The van der Waals surface area contributed by atoms with Gasteiger partial charge in [0.05, 0.1) is 0 Å². The minimum atomic E-state index is 0. The monoisotopic (exact) mass is 315 g/mol. The molecule has 20 heavy (non-hydrogen) atoms. The van der Waals surface area contributed by atoms with Crippen molar-refractivity contribution in [2.75, 3.05) is 18.0 Å². The van der Waals surface area contributed by atoms with E-state index in [1.165, 1.54) is 6.39 Å². The summed E-state index contributed by atoms with van der Waals surface area (Å²) >= 11 is 6.07. The summed E-state index contributed by atoms with van der Waals surface area (Å²) in [6.45, 7) is 1.78. The minimum absolute atomic E-state index is 0. The highest BCUT2D eigenvalue weighted by Crippen LogP contribution is 2.25. The molecular weight excluding hydrogens is 301 g/mol. The van der Waals surface area contributed by atoms with Crippen LogP contribution in [0, 0.1) is 0 Å². The van der Waals surface area contributed by atoms with Crippen molar-refractivity contribution in [1.82, 2.24) is 15.1 Å².